The van der Waals surface area contributed by atoms with Gasteiger partial charge in [0.1, 0.15) is 0 Å². The van der Waals surface area contributed by atoms with E-state index in [-0.39, 0.29) is 10.8 Å². The van der Waals surface area contributed by atoms with Crippen molar-refractivity contribution >= 4 is 43.6 Å². The Hall–Kier alpha value is -8.20. The summed E-state index contributed by atoms with van der Waals surface area (Å²) in [6.45, 7) is 9.64. The van der Waals surface area contributed by atoms with Gasteiger partial charge in [-0.1, -0.05) is 167 Å². The molecule has 0 atom stereocenters. The van der Waals surface area contributed by atoms with E-state index in [2.05, 4.69) is 255 Å². The first kappa shape index (κ1) is 39.0. The summed E-state index contributed by atoms with van der Waals surface area (Å²) in [5.41, 5.74) is 25.5. The quantitative estimate of drug-likeness (QED) is 0.163. The molecule has 0 aliphatic heterocycles. The molecule has 2 heterocycles. The third-order valence-corrected chi connectivity index (χ3v) is 15.7. The number of benzene rings is 10. The predicted molar refractivity (Wildman–Crippen MR) is 287 cm³/mol. The van der Waals surface area contributed by atoms with Crippen LogP contribution in [0, 0.1) is 0 Å². The smallest absolute Gasteiger partial charge is 0.0541 e. The Morgan fingerprint density at radius 1 is 0.265 bits per heavy atom. The molecule has 0 saturated carbocycles. The van der Waals surface area contributed by atoms with Gasteiger partial charge in [0.25, 0.3) is 0 Å². The zero-order valence-electron chi connectivity index (χ0n) is 38.7. The van der Waals surface area contributed by atoms with Gasteiger partial charge in [-0.05, 0) is 157 Å². The third-order valence-electron chi connectivity index (χ3n) is 15.7. The number of fused-ring (bicyclic) bond motifs is 12. The second kappa shape index (κ2) is 14.2. The van der Waals surface area contributed by atoms with E-state index < -0.39 is 0 Å². The number of rotatable bonds is 5. The van der Waals surface area contributed by atoms with E-state index in [9.17, 15) is 0 Å². The van der Waals surface area contributed by atoms with Gasteiger partial charge in [-0.2, -0.15) is 0 Å². The molecular formula is C66H48N2. The van der Waals surface area contributed by atoms with Gasteiger partial charge in [0, 0.05) is 43.7 Å². The van der Waals surface area contributed by atoms with E-state index >= 15 is 0 Å². The molecule has 0 unspecified atom stereocenters. The van der Waals surface area contributed by atoms with Crippen LogP contribution in [0.4, 0.5) is 0 Å². The first-order chi connectivity index (χ1) is 33.2. The Kier molecular flexibility index (Phi) is 8.12. The fourth-order valence-electron chi connectivity index (χ4n) is 12.3. The molecule has 2 aliphatic rings. The fraction of sp³-hybridized carbons (Fsp3) is 0.0909. The minimum atomic E-state index is -0.138. The SMILES string of the molecule is CC1(C)c2cc(-c3ccccc3)ccc2-c2cc3c(cc21)-c1c(-c2ccc(-n4c5ccccc5c5cc(-c6ccc7c(c6)c6ccccc6n7-c6ccccc6)ccc54)cc2)cccc1C3(C)C. The number of nitrogens with zero attached hydrogens (tertiary/aromatic N) is 2. The summed E-state index contributed by atoms with van der Waals surface area (Å²) >= 11 is 0. The largest absolute Gasteiger partial charge is 0.309 e. The second-order valence-corrected chi connectivity index (χ2v) is 20.1. The maximum absolute atomic E-state index is 2.55. The number of hydrogen-bond acceptors (Lipinski definition) is 0. The molecule has 10 aromatic carbocycles. The summed E-state index contributed by atoms with van der Waals surface area (Å²) in [5.74, 6) is 0. The predicted octanol–water partition coefficient (Wildman–Crippen LogP) is 17.5. The molecule has 2 heteroatoms. The summed E-state index contributed by atoms with van der Waals surface area (Å²) in [6.07, 6.45) is 0. The van der Waals surface area contributed by atoms with Crippen molar-refractivity contribution in [3.05, 3.63) is 241 Å². The highest BCUT2D eigenvalue weighted by atomic mass is 15.0. The Morgan fingerprint density at radius 3 is 1.38 bits per heavy atom. The van der Waals surface area contributed by atoms with E-state index in [1.165, 1.54) is 127 Å². The van der Waals surface area contributed by atoms with Crippen LogP contribution in [0.25, 0.3) is 111 Å². The van der Waals surface area contributed by atoms with Crippen molar-refractivity contribution in [3.8, 4) is 67.0 Å². The summed E-state index contributed by atoms with van der Waals surface area (Å²) < 4.78 is 4.82. The Morgan fingerprint density at radius 2 is 0.735 bits per heavy atom. The summed E-state index contributed by atoms with van der Waals surface area (Å²) in [7, 11) is 0. The lowest BCUT2D eigenvalue weighted by atomic mass is 9.79. The van der Waals surface area contributed by atoms with Gasteiger partial charge in [0.15, 0.2) is 0 Å². The van der Waals surface area contributed by atoms with Gasteiger partial charge in [-0.25, -0.2) is 0 Å². The molecule has 0 N–H and O–H groups in total. The molecule has 0 spiro atoms. The van der Waals surface area contributed by atoms with E-state index in [0.29, 0.717) is 0 Å². The normalized spacial score (nSPS) is 14.1. The van der Waals surface area contributed by atoms with E-state index in [4.69, 9.17) is 0 Å². The van der Waals surface area contributed by atoms with Crippen LogP contribution in [-0.4, -0.2) is 9.13 Å². The van der Waals surface area contributed by atoms with Crippen LogP contribution in [0.3, 0.4) is 0 Å². The Bertz CT molecular complexity index is 4050. The van der Waals surface area contributed by atoms with Crippen LogP contribution < -0.4 is 0 Å². The van der Waals surface area contributed by atoms with Crippen LogP contribution in [0.5, 0.6) is 0 Å². The topological polar surface area (TPSA) is 9.86 Å². The highest BCUT2D eigenvalue weighted by Gasteiger charge is 2.42. The summed E-state index contributed by atoms with van der Waals surface area (Å²) in [6, 6.07) is 81.5. The van der Waals surface area contributed by atoms with Crippen molar-refractivity contribution in [1.82, 2.24) is 9.13 Å². The monoisotopic (exact) mass is 868 g/mol. The third kappa shape index (κ3) is 5.46. The molecule has 0 saturated heterocycles. The molecule has 14 rings (SSSR count). The molecule has 2 aliphatic carbocycles. The summed E-state index contributed by atoms with van der Waals surface area (Å²) in [4.78, 5) is 0. The first-order valence-electron chi connectivity index (χ1n) is 24.0. The minimum absolute atomic E-state index is 0.130. The van der Waals surface area contributed by atoms with Crippen molar-refractivity contribution in [2.45, 2.75) is 38.5 Å². The lowest BCUT2D eigenvalue weighted by Crippen LogP contribution is -2.17. The van der Waals surface area contributed by atoms with Crippen molar-refractivity contribution in [3.63, 3.8) is 0 Å². The molecule has 322 valence electrons. The molecular weight excluding hydrogens is 821 g/mol. The van der Waals surface area contributed by atoms with Gasteiger partial charge in [-0.3, -0.25) is 0 Å². The van der Waals surface area contributed by atoms with Gasteiger partial charge >= 0.3 is 0 Å². The number of aromatic nitrogens is 2. The maximum Gasteiger partial charge on any atom is 0.0541 e. The zero-order valence-corrected chi connectivity index (χ0v) is 38.7. The molecule has 12 aromatic rings. The molecule has 0 radical (unpaired) electrons. The minimum Gasteiger partial charge on any atom is -0.309 e. The Labute approximate surface area is 397 Å². The van der Waals surface area contributed by atoms with Gasteiger partial charge < -0.3 is 9.13 Å². The fourth-order valence-corrected chi connectivity index (χ4v) is 12.3. The molecule has 2 aromatic heterocycles. The second-order valence-electron chi connectivity index (χ2n) is 20.1. The zero-order chi connectivity index (χ0) is 45.5. The van der Waals surface area contributed by atoms with Gasteiger partial charge in [-0.15, -0.1) is 0 Å². The molecule has 2 nitrogen and oxygen atoms in total. The Balaban J connectivity index is 0.849. The number of para-hydroxylation sites is 3. The van der Waals surface area contributed by atoms with Crippen LogP contribution in [0.1, 0.15) is 49.9 Å². The molecule has 0 amide bonds. The molecule has 0 bridgehead atoms. The van der Waals surface area contributed by atoms with Crippen LogP contribution in [-0.2, 0) is 10.8 Å². The average Bonchev–Trinajstić information content (AvgIpc) is 4.04. The van der Waals surface area contributed by atoms with Crippen molar-refractivity contribution < 1.29 is 0 Å². The van der Waals surface area contributed by atoms with Crippen LogP contribution in [0.2, 0.25) is 0 Å². The maximum atomic E-state index is 2.55. The number of hydrogen-bond donors (Lipinski definition) is 0. The standard InChI is InChI=1S/C66H48N2/c1-65(2)56-23-15-22-48(64(56)55-40-58-52(39-59(55)65)49-33-28-45(38-57(49)66(58,3)4)41-16-7-5-8-17-41)42-26-31-47(32-27-42)68-61-25-14-12-21-51(61)54-37-44(30-35-63(54)68)43-29-34-62-53(36-43)50-20-11-13-24-60(50)67(62)46-18-9-6-10-19-46/h5-40H,1-4H3. The highest BCUT2D eigenvalue weighted by molar-refractivity contribution is 6.13. The highest BCUT2D eigenvalue weighted by Crippen LogP contribution is 2.58. The van der Waals surface area contributed by atoms with E-state index in [1.54, 1.807) is 0 Å². The van der Waals surface area contributed by atoms with Crippen molar-refractivity contribution in [2.24, 2.45) is 0 Å². The average molecular weight is 869 g/mol. The van der Waals surface area contributed by atoms with E-state index in [1.807, 2.05) is 0 Å². The molecule has 0 fully saturated rings. The lowest BCUT2D eigenvalue weighted by molar-refractivity contribution is 0.652. The molecule has 68 heavy (non-hydrogen) atoms. The van der Waals surface area contributed by atoms with Crippen molar-refractivity contribution in [2.75, 3.05) is 0 Å². The van der Waals surface area contributed by atoms with Crippen LogP contribution >= 0.6 is 0 Å². The van der Waals surface area contributed by atoms with Gasteiger partial charge in [0.2, 0.25) is 0 Å². The summed E-state index contributed by atoms with van der Waals surface area (Å²) in [5, 5.41) is 5.03. The van der Waals surface area contributed by atoms with Crippen molar-refractivity contribution in [1.29, 1.82) is 0 Å². The van der Waals surface area contributed by atoms with Crippen LogP contribution in [0.15, 0.2) is 218 Å². The van der Waals surface area contributed by atoms with Gasteiger partial charge in [0.05, 0.1) is 22.1 Å². The van der Waals surface area contributed by atoms with E-state index in [0.717, 1.165) is 5.69 Å². The lowest BCUT2D eigenvalue weighted by Gasteiger charge is -2.24. The first-order valence-corrected chi connectivity index (χ1v) is 24.0.